The molecule has 0 bridgehead atoms. The fraction of sp³-hybridized carbons (Fsp3) is 0.424. The van der Waals surface area contributed by atoms with Crippen LogP contribution in [0.1, 0.15) is 54.4 Å². The van der Waals surface area contributed by atoms with E-state index in [0.29, 0.717) is 6.54 Å². The summed E-state index contributed by atoms with van der Waals surface area (Å²) < 4.78 is 11.3. The predicted molar refractivity (Wildman–Crippen MR) is 169 cm³/mol. The largest absolute Gasteiger partial charge is 0.395 e. The van der Waals surface area contributed by atoms with Crippen molar-refractivity contribution in [3.8, 4) is 11.1 Å². The van der Waals surface area contributed by atoms with Gasteiger partial charge in [0.2, 0.25) is 0 Å². The quantitative estimate of drug-likeness (QED) is 0.244. The summed E-state index contributed by atoms with van der Waals surface area (Å²) in [6, 6.07) is 23.9. The molecule has 5 rings (SSSR count). The molecule has 0 saturated carbocycles. The molecule has 5 atom stereocenters. The van der Waals surface area contributed by atoms with Crippen LogP contribution in [0.2, 0.25) is 0 Å². The fourth-order valence-corrected chi connectivity index (χ4v) is 6.11. The van der Waals surface area contributed by atoms with Crippen molar-refractivity contribution in [3.05, 3.63) is 95.1 Å². The van der Waals surface area contributed by atoms with Gasteiger partial charge in [-0.3, -0.25) is 9.69 Å². The minimum absolute atomic E-state index is 0.0134. The molecule has 3 N–H and O–H groups in total. The molecule has 0 aliphatic carbocycles. The third-order valence-corrected chi connectivity index (χ3v) is 8.89. The summed E-state index contributed by atoms with van der Waals surface area (Å²) in [4.78, 5) is 14.3. The van der Waals surface area contributed by atoms with E-state index in [1.54, 1.807) is 0 Å². The summed E-state index contributed by atoms with van der Waals surface area (Å²) in [7, 11) is 0. The first-order valence-corrected chi connectivity index (χ1v) is 15.7. The number of likely N-dealkylation sites (tertiary alicyclic amines) is 1. The number of benzene rings is 3. The molecule has 3 aromatic rings. The Balaban J connectivity index is 1.39. The zero-order valence-electron chi connectivity index (χ0n) is 24.0. The second-order valence-corrected chi connectivity index (χ2v) is 13.6. The van der Waals surface area contributed by atoms with E-state index in [0.717, 1.165) is 52.8 Å². The molecule has 2 fully saturated rings. The lowest BCUT2D eigenvalue weighted by Crippen LogP contribution is -2.46. The van der Waals surface area contributed by atoms with Gasteiger partial charge in [0, 0.05) is 30.6 Å². The Hall–Kier alpha value is -2.20. The molecular formula is C33H37Cl3N2O5. The minimum Gasteiger partial charge on any atom is -0.395 e. The molecular weight excluding hydrogens is 611 g/mol. The van der Waals surface area contributed by atoms with Gasteiger partial charge in [-0.2, -0.15) is 0 Å². The number of carbonyl (C=O) groups is 1. The number of aliphatic hydroxyl groups excluding tert-OH is 2. The molecule has 5 unspecified atom stereocenters. The molecule has 1 amide bonds. The van der Waals surface area contributed by atoms with Crippen LogP contribution in [-0.4, -0.2) is 56.7 Å². The molecule has 230 valence electrons. The third-order valence-electron chi connectivity index (χ3n) is 8.38. The summed E-state index contributed by atoms with van der Waals surface area (Å²) in [5.74, 6) is -0.626. The third kappa shape index (κ3) is 7.91. The van der Waals surface area contributed by atoms with Crippen LogP contribution >= 0.6 is 34.8 Å². The first-order valence-electron chi connectivity index (χ1n) is 14.6. The monoisotopic (exact) mass is 646 g/mol. The molecule has 2 heterocycles. The van der Waals surface area contributed by atoms with Crippen LogP contribution < -0.4 is 5.32 Å². The average Bonchev–Trinajstić information content (AvgIpc) is 3.47. The van der Waals surface area contributed by atoms with Crippen LogP contribution in [0.15, 0.2) is 72.8 Å². The summed E-state index contributed by atoms with van der Waals surface area (Å²) in [5.41, 5.74) is 5.56. The molecule has 10 heteroatoms. The van der Waals surface area contributed by atoms with Crippen molar-refractivity contribution >= 4 is 40.7 Å². The Labute approximate surface area is 267 Å². The Morgan fingerprint density at radius 2 is 1.67 bits per heavy atom. The Morgan fingerprint density at radius 1 is 0.953 bits per heavy atom. The number of rotatable bonds is 9. The lowest BCUT2D eigenvalue weighted by atomic mass is 9.89. The smallest absolute Gasteiger partial charge is 0.272 e. The van der Waals surface area contributed by atoms with Gasteiger partial charge >= 0.3 is 0 Å². The highest BCUT2D eigenvalue weighted by atomic mass is 35.6. The van der Waals surface area contributed by atoms with Crippen molar-refractivity contribution in [1.29, 1.82) is 0 Å². The van der Waals surface area contributed by atoms with Crippen LogP contribution in [0.4, 0.5) is 0 Å². The second-order valence-electron chi connectivity index (χ2n) is 11.3. The molecule has 2 aliphatic heterocycles. The average molecular weight is 648 g/mol. The normalized spacial score (nSPS) is 24.7. The van der Waals surface area contributed by atoms with E-state index in [4.69, 9.17) is 44.3 Å². The Kier molecular flexibility index (Phi) is 10.7. The van der Waals surface area contributed by atoms with E-state index >= 15 is 0 Å². The number of alkyl halides is 3. The number of hydrogen-bond acceptors (Lipinski definition) is 6. The van der Waals surface area contributed by atoms with E-state index < -0.39 is 16.0 Å². The van der Waals surface area contributed by atoms with Crippen LogP contribution in [-0.2, 0) is 27.4 Å². The van der Waals surface area contributed by atoms with Crippen LogP contribution in [0.3, 0.4) is 0 Å². The number of carbonyl (C=O) groups excluding carboxylic acids is 1. The molecule has 2 saturated heterocycles. The van der Waals surface area contributed by atoms with Gasteiger partial charge in [-0.05, 0) is 59.3 Å². The lowest BCUT2D eigenvalue weighted by Gasteiger charge is -2.43. The molecule has 43 heavy (non-hydrogen) atoms. The zero-order valence-corrected chi connectivity index (χ0v) is 26.2. The molecule has 3 aromatic carbocycles. The number of nitrogens with zero attached hydrogens (tertiary/aromatic N) is 1. The number of halogens is 3. The van der Waals surface area contributed by atoms with Crippen LogP contribution in [0.5, 0.6) is 0 Å². The summed E-state index contributed by atoms with van der Waals surface area (Å²) in [5, 5.41) is 22.1. The summed E-state index contributed by atoms with van der Waals surface area (Å²) in [6.07, 6.45) is 1.10. The highest BCUT2D eigenvalue weighted by molar-refractivity contribution is 6.76. The van der Waals surface area contributed by atoms with E-state index in [-0.39, 0.29) is 43.9 Å². The first kappa shape index (κ1) is 32.2. The van der Waals surface area contributed by atoms with Gasteiger partial charge in [0.05, 0.1) is 25.4 Å². The van der Waals surface area contributed by atoms with Crippen molar-refractivity contribution in [2.24, 2.45) is 5.92 Å². The molecule has 2 aliphatic rings. The number of nitrogens with one attached hydrogen (secondary N) is 1. The number of ether oxygens (including phenoxy) is 2. The van der Waals surface area contributed by atoms with Crippen molar-refractivity contribution < 1.29 is 24.5 Å². The van der Waals surface area contributed by atoms with Crippen LogP contribution in [0, 0.1) is 5.92 Å². The van der Waals surface area contributed by atoms with Crippen molar-refractivity contribution in [2.75, 3.05) is 19.7 Å². The number of hydrogen-bond donors (Lipinski definition) is 3. The zero-order chi connectivity index (χ0) is 30.6. The van der Waals surface area contributed by atoms with Gasteiger partial charge in [0.1, 0.15) is 0 Å². The van der Waals surface area contributed by atoms with E-state index in [1.165, 1.54) is 0 Å². The van der Waals surface area contributed by atoms with Crippen molar-refractivity contribution in [2.45, 2.75) is 61.2 Å². The Morgan fingerprint density at radius 3 is 2.37 bits per heavy atom. The van der Waals surface area contributed by atoms with Gasteiger partial charge in [-0.25, -0.2) is 0 Å². The van der Waals surface area contributed by atoms with Gasteiger partial charge in [-0.15, -0.1) is 0 Å². The van der Waals surface area contributed by atoms with Gasteiger partial charge in [-0.1, -0.05) is 102 Å². The van der Waals surface area contributed by atoms with E-state index in [2.05, 4.69) is 23.2 Å². The highest BCUT2D eigenvalue weighted by Crippen LogP contribution is 2.43. The Bertz CT molecular complexity index is 1380. The van der Waals surface area contributed by atoms with Crippen LogP contribution in [0.25, 0.3) is 11.1 Å². The maximum Gasteiger partial charge on any atom is 0.272 e. The van der Waals surface area contributed by atoms with Crippen molar-refractivity contribution in [1.82, 2.24) is 10.2 Å². The topological polar surface area (TPSA) is 91.3 Å². The first-order chi connectivity index (χ1) is 20.7. The maximum absolute atomic E-state index is 12.0. The second kappa shape index (κ2) is 14.3. The highest BCUT2D eigenvalue weighted by Gasteiger charge is 2.40. The number of amides is 1. The SMILES string of the molecule is CC1C(CN2CCCC2CO)OC(c2cccc(-c3cccc(CNC(=O)C(Cl)(Cl)Cl)c3)c2)OC1c1ccc(CO)cc1. The summed E-state index contributed by atoms with van der Waals surface area (Å²) in [6.45, 7) is 4.14. The predicted octanol–water partition coefficient (Wildman–Crippen LogP) is 6.08. The molecule has 0 radical (unpaired) electrons. The van der Waals surface area contributed by atoms with Gasteiger partial charge < -0.3 is 25.0 Å². The fourth-order valence-electron chi connectivity index (χ4n) is 5.91. The van der Waals surface area contributed by atoms with Gasteiger partial charge in [0.25, 0.3) is 9.70 Å². The lowest BCUT2D eigenvalue weighted by molar-refractivity contribution is -0.276. The van der Waals surface area contributed by atoms with Crippen molar-refractivity contribution in [3.63, 3.8) is 0 Å². The standard InChI is InChI=1S/C33H37Cl3N2O5/c1-21-29(18-38-14-4-9-28(38)20-40)42-31(43-30(21)24-12-10-22(19-39)11-13-24)27-8-3-7-26(16-27)25-6-2-5-23(15-25)17-37-32(41)33(34,35)36/h2-3,5-8,10-13,15-16,21,28-31,39-40H,4,9,14,17-20H2,1H3,(H,37,41). The molecule has 0 aromatic heterocycles. The van der Waals surface area contributed by atoms with E-state index in [1.807, 2.05) is 66.7 Å². The summed E-state index contributed by atoms with van der Waals surface area (Å²) >= 11 is 17.1. The minimum atomic E-state index is -2.02. The van der Waals surface area contributed by atoms with Gasteiger partial charge in [0.15, 0.2) is 6.29 Å². The van der Waals surface area contributed by atoms with E-state index in [9.17, 15) is 15.0 Å². The molecule has 7 nitrogen and oxygen atoms in total. The maximum atomic E-state index is 12.0. The molecule has 0 spiro atoms. The number of aliphatic hydroxyl groups is 2.